The van der Waals surface area contributed by atoms with Crippen LogP contribution in [0, 0.1) is 18.7 Å². The summed E-state index contributed by atoms with van der Waals surface area (Å²) in [6.45, 7) is 2.69. The molecule has 2 fully saturated rings. The summed E-state index contributed by atoms with van der Waals surface area (Å²) in [7, 11) is -3.82. The van der Waals surface area contributed by atoms with E-state index in [9.17, 15) is 32.7 Å². The number of rotatable bonds is 15. The monoisotopic (exact) mass is 913 g/mol. The Hall–Kier alpha value is -6.42. The largest absolute Gasteiger partial charge is 0.493 e. The van der Waals surface area contributed by atoms with Gasteiger partial charge in [-0.2, -0.15) is 4.31 Å². The number of amides is 4. The maximum absolute atomic E-state index is 15.2. The molecular formula is C51H52FN5O8S. The quantitative estimate of drug-likeness (QED) is 0.0633. The number of fused-ring (bicyclic) bond motifs is 4. The minimum Gasteiger partial charge on any atom is -0.493 e. The van der Waals surface area contributed by atoms with E-state index in [1.807, 2.05) is 55.5 Å². The van der Waals surface area contributed by atoms with Gasteiger partial charge in [0.25, 0.3) is 5.91 Å². The number of nitrogens with one attached hydrogen (secondary N) is 3. The topological polar surface area (TPSA) is 174 Å². The molecule has 4 aliphatic heterocycles. The number of hydrogen-bond donors (Lipinski definition) is 4. The lowest BCUT2D eigenvalue weighted by Crippen LogP contribution is -2.52. The molecule has 0 aromatic heterocycles. The summed E-state index contributed by atoms with van der Waals surface area (Å²) in [6.07, 6.45) is 3.25. The average molecular weight is 914 g/mol. The van der Waals surface area contributed by atoms with Crippen molar-refractivity contribution in [2.24, 2.45) is 5.92 Å². The van der Waals surface area contributed by atoms with Crippen LogP contribution in [0.2, 0.25) is 0 Å². The number of piperidine rings is 1. The van der Waals surface area contributed by atoms with E-state index < -0.39 is 28.0 Å². The van der Waals surface area contributed by atoms with Crippen LogP contribution < -0.4 is 20.7 Å². The maximum atomic E-state index is 15.2. The Balaban J connectivity index is 0.770. The molecule has 4 heterocycles. The van der Waals surface area contributed by atoms with Crippen molar-refractivity contribution in [3.8, 4) is 16.9 Å². The number of aliphatic hydroxyl groups is 1. The van der Waals surface area contributed by atoms with Crippen molar-refractivity contribution in [3.63, 3.8) is 0 Å². The molecule has 1 unspecified atom stereocenters. The van der Waals surface area contributed by atoms with Crippen molar-refractivity contribution in [1.82, 2.24) is 14.5 Å². The lowest BCUT2D eigenvalue weighted by Gasteiger charge is -2.39. The molecule has 0 aliphatic carbocycles. The number of ether oxygens (including phenoxy) is 1. The van der Waals surface area contributed by atoms with Gasteiger partial charge in [0.1, 0.15) is 17.6 Å². The van der Waals surface area contributed by atoms with Crippen molar-refractivity contribution in [2.45, 2.75) is 87.9 Å². The van der Waals surface area contributed by atoms with E-state index in [0.29, 0.717) is 73.4 Å². The molecule has 2 saturated heterocycles. The molecule has 342 valence electrons. The second kappa shape index (κ2) is 18.8. The summed E-state index contributed by atoms with van der Waals surface area (Å²) in [6, 6.07) is 29.2. The normalized spacial score (nSPS) is 20.3. The fourth-order valence-corrected chi connectivity index (χ4v) is 11.5. The number of aliphatic hydroxyl groups excluding tert-OH is 1. The summed E-state index contributed by atoms with van der Waals surface area (Å²) < 4.78 is 50.9. The Kier molecular flexibility index (Phi) is 12.8. The first kappa shape index (κ1) is 44.8. The summed E-state index contributed by atoms with van der Waals surface area (Å²) in [5.41, 5.74) is 7.42. The van der Waals surface area contributed by atoms with Crippen LogP contribution in [-0.2, 0) is 43.8 Å². The van der Waals surface area contributed by atoms with E-state index in [-0.39, 0.29) is 72.8 Å². The molecule has 5 aromatic carbocycles. The van der Waals surface area contributed by atoms with E-state index >= 15 is 4.39 Å². The second-order valence-electron chi connectivity index (χ2n) is 17.6. The number of imide groups is 1. The average Bonchev–Trinajstić information content (AvgIpc) is 3.91. The van der Waals surface area contributed by atoms with Crippen molar-refractivity contribution in [3.05, 3.63) is 142 Å². The van der Waals surface area contributed by atoms with Gasteiger partial charge in [0, 0.05) is 47.8 Å². The van der Waals surface area contributed by atoms with Gasteiger partial charge in [-0.05, 0) is 128 Å². The van der Waals surface area contributed by atoms with Crippen LogP contribution in [0.4, 0.5) is 15.8 Å². The lowest BCUT2D eigenvalue weighted by molar-refractivity contribution is -0.137. The van der Waals surface area contributed by atoms with Crippen LogP contribution in [0.5, 0.6) is 5.75 Å². The molecule has 4 amide bonds. The third-order valence-electron chi connectivity index (χ3n) is 13.3. The zero-order chi connectivity index (χ0) is 46.1. The molecule has 4 aliphatic rings. The number of anilines is 2. The smallest absolute Gasteiger partial charge is 0.255 e. The number of carbonyl (C=O) groups is 4. The van der Waals surface area contributed by atoms with Gasteiger partial charge in [0.05, 0.1) is 36.7 Å². The Bertz CT molecular complexity index is 2820. The third-order valence-corrected chi connectivity index (χ3v) is 15.2. The predicted octanol–water partition coefficient (Wildman–Crippen LogP) is 7.07. The van der Waals surface area contributed by atoms with Crippen molar-refractivity contribution in [1.29, 1.82) is 0 Å². The third kappa shape index (κ3) is 9.07. The summed E-state index contributed by atoms with van der Waals surface area (Å²) in [4.78, 5) is 52.1. The van der Waals surface area contributed by atoms with Gasteiger partial charge in [-0.25, -0.2) is 12.8 Å². The summed E-state index contributed by atoms with van der Waals surface area (Å²) in [5, 5.41) is 19.0. The number of sulfonamides is 1. The van der Waals surface area contributed by atoms with E-state index in [4.69, 9.17) is 4.74 Å². The van der Waals surface area contributed by atoms with E-state index in [0.717, 1.165) is 33.5 Å². The number of nitrogens with zero attached hydrogens (tertiary/aromatic N) is 2. The fourth-order valence-electron chi connectivity index (χ4n) is 9.85. The van der Waals surface area contributed by atoms with Gasteiger partial charge < -0.3 is 25.4 Å². The molecule has 4 N–H and O–H groups in total. The first-order valence-electron chi connectivity index (χ1n) is 22.5. The molecule has 15 heteroatoms. The molecule has 0 bridgehead atoms. The summed E-state index contributed by atoms with van der Waals surface area (Å²) in [5.74, 6) is -1.16. The number of carbonyl (C=O) groups excluding carboxylic acids is 4. The van der Waals surface area contributed by atoms with Gasteiger partial charge in [-0.3, -0.25) is 24.5 Å². The highest BCUT2D eigenvalue weighted by atomic mass is 32.2. The van der Waals surface area contributed by atoms with Crippen LogP contribution in [0.25, 0.3) is 11.1 Å². The Labute approximate surface area is 383 Å². The van der Waals surface area contributed by atoms with E-state index in [1.165, 1.54) is 11.0 Å². The van der Waals surface area contributed by atoms with Crippen LogP contribution in [-0.4, -0.2) is 78.2 Å². The van der Waals surface area contributed by atoms with Crippen molar-refractivity contribution < 1.29 is 41.8 Å². The van der Waals surface area contributed by atoms with Gasteiger partial charge in [-0.1, -0.05) is 54.1 Å². The highest BCUT2D eigenvalue weighted by Gasteiger charge is 2.48. The minimum absolute atomic E-state index is 0.121. The maximum Gasteiger partial charge on any atom is 0.255 e. The fraction of sp³-hybridized carbons (Fsp3) is 0.333. The standard InChI is InChI=1S/C51H52FN5O8S/c1-31-13-18-37(19-14-31)66(63,64)57-24-23-39-44(30-58)54-43-20-17-35(28-40(43)49(39)57)34-8-2-9-36(27-34)53-47(59)12-3-7-33-16-15-32(26-42(33)52)6-5-25-65-46-11-4-10-38-41(46)29-56(51(38)62)45-21-22-48(60)55-50(45)61/h2,4,8-11,13-20,26-28,39,44-45,49,54,58H,3,5-7,12,21-25,29-30H2,1H3,(H,53,59)(H,55,60,61)/t39-,44+,45?,49-/m1/s1. The van der Waals surface area contributed by atoms with Crippen molar-refractivity contribution in [2.75, 3.05) is 30.4 Å². The van der Waals surface area contributed by atoms with Crippen LogP contribution in [0.15, 0.2) is 108 Å². The number of aryl methyl sites for hydroxylation is 3. The molecule has 9 rings (SSSR count). The zero-order valence-electron chi connectivity index (χ0n) is 36.6. The van der Waals surface area contributed by atoms with Crippen molar-refractivity contribution >= 4 is 45.0 Å². The van der Waals surface area contributed by atoms with E-state index in [2.05, 4.69) is 16.0 Å². The molecule has 4 atom stereocenters. The highest BCUT2D eigenvalue weighted by Crippen LogP contribution is 2.49. The van der Waals surface area contributed by atoms with Crippen LogP contribution in [0.3, 0.4) is 0 Å². The number of benzene rings is 5. The zero-order valence-corrected chi connectivity index (χ0v) is 37.4. The van der Waals surface area contributed by atoms with Gasteiger partial charge in [0.15, 0.2) is 0 Å². The van der Waals surface area contributed by atoms with Crippen LogP contribution >= 0.6 is 0 Å². The Morgan fingerprint density at radius 2 is 1.71 bits per heavy atom. The molecule has 66 heavy (non-hydrogen) atoms. The number of hydrogen-bond acceptors (Lipinski definition) is 9. The van der Waals surface area contributed by atoms with Crippen LogP contribution in [0.1, 0.15) is 82.7 Å². The molecule has 0 saturated carbocycles. The second-order valence-corrected chi connectivity index (χ2v) is 19.5. The Morgan fingerprint density at radius 1 is 0.909 bits per heavy atom. The van der Waals surface area contributed by atoms with Gasteiger partial charge >= 0.3 is 0 Å². The molecular weight excluding hydrogens is 862 g/mol. The van der Waals surface area contributed by atoms with E-state index in [1.54, 1.807) is 52.8 Å². The first-order valence-corrected chi connectivity index (χ1v) is 24.0. The predicted molar refractivity (Wildman–Crippen MR) is 247 cm³/mol. The molecule has 13 nitrogen and oxygen atoms in total. The molecule has 5 aromatic rings. The van der Waals surface area contributed by atoms with Gasteiger partial charge in [0.2, 0.25) is 27.7 Å². The molecule has 0 radical (unpaired) electrons. The lowest BCUT2D eigenvalue weighted by atomic mass is 9.82. The van der Waals surface area contributed by atoms with Gasteiger partial charge in [-0.15, -0.1) is 0 Å². The highest BCUT2D eigenvalue weighted by molar-refractivity contribution is 7.89. The number of halogens is 1. The Morgan fingerprint density at radius 3 is 2.50 bits per heavy atom. The summed E-state index contributed by atoms with van der Waals surface area (Å²) >= 11 is 0. The molecule has 0 spiro atoms. The SMILES string of the molecule is Cc1ccc(S(=O)(=O)N2CC[C@@H]3[C@H](CO)Nc4ccc(-c5cccc(NC(=O)CCCc6ccc(CCCOc7cccc8c7CN(C7CCC(=O)NC7=O)C8=O)cc6F)c5)cc4[C@@H]32)cc1. The first-order chi connectivity index (χ1) is 31.9. The minimum atomic E-state index is -3.82.